The fourth-order valence-electron chi connectivity index (χ4n) is 1.80. The van der Waals surface area contributed by atoms with Gasteiger partial charge >= 0.3 is 5.97 Å². The summed E-state index contributed by atoms with van der Waals surface area (Å²) in [5.41, 5.74) is 8.45. The minimum Gasteiger partial charge on any atom is -0.461 e. The molecule has 0 saturated heterocycles. The van der Waals surface area contributed by atoms with Gasteiger partial charge in [-0.1, -0.05) is 0 Å². The normalized spacial score (nSPS) is 10.6. The Hall–Kier alpha value is -1.82. The summed E-state index contributed by atoms with van der Waals surface area (Å²) in [7, 11) is 0. The summed E-state index contributed by atoms with van der Waals surface area (Å²) in [6.45, 7) is 4.63. The first kappa shape index (κ1) is 13.6. The van der Waals surface area contributed by atoms with Crippen LogP contribution in [0, 0.1) is 6.92 Å². The molecular weight excluding hydrogens is 262 g/mol. The first-order valence-electron chi connectivity index (χ1n) is 6.14. The topological polar surface area (TPSA) is 70.1 Å². The van der Waals surface area contributed by atoms with E-state index in [2.05, 4.69) is 5.10 Å². The van der Waals surface area contributed by atoms with E-state index in [-0.39, 0.29) is 0 Å². The number of thiophene rings is 1. The zero-order valence-electron chi connectivity index (χ0n) is 11.0. The van der Waals surface area contributed by atoms with E-state index < -0.39 is 5.97 Å². The van der Waals surface area contributed by atoms with Crippen LogP contribution >= 0.6 is 11.3 Å². The molecule has 19 heavy (non-hydrogen) atoms. The van der Waals surface area contributed by atoms with Gasteiger partial charge in [0.25, 0.3) is 0 Å². The van der Waals surface area contributed by atoms with E-state index in [0.717, 1.165) is 0 Å². The molecule has 2 aromatic rings. The van der Waals surface area contributed by atoms with Crippen molar-refractivity contribution in [1.29, 1.82) is 0 Å². The quantitative estimate of drug-likeness (QED) is 0.852. The van der Waals surface area contributed by atoms with Crippen LogP contribution in [0.1, 0.15) is 28.7 Å². The van der Waals surface area contributed by atoms with Gasteiger partial charge in [0.2, 0.25) is 0 Å². The molecular formula is C13H17N3O2S. The van der Waals surface area contributed by atoms with Crippen LogP contribution in [0.4, 0.5) is 5.69 Å². The summed E-state index contributed by atoms with van der Waals surface area (Å²) in [6.07, 6.45) is 0.717. The van der Waals surface area contributed by atoms with Crippen molar-refractivity contribution in [3.8, 4) is 0 Å². The standard InChI is InChI=1S/C13H17N3O2S/c1-3-16-12(11(14)9(2)15-16)13(17)18-6-4-10-5-7-19-8-10/h5,7-8H,3-4,6,14H2,1-2H3. The van der Waals surface area contributed by atoms with Crippen molar-refractivity contribution in [3.63, 3.8) is 0 Å². The van der Waals surface area contributed by atoms with Gasteiger partial charge in [-0.15, -0.1) is 0 Å². The molecule has 0 aliphatic heterocycles. The second-order valence-electron chi connectivity index (χ2n) is 4.18. The summed E-state index contributed by atoms with van der Waals surface area (Å²) < 4.78 is 6.84. The molecule has 0 amide bonds. The van der Waals surface area contributed by atoms with Crippen LogP contribution in [-0.2, 0) is 17.7 Å². The number of ether oxygens (including phenoxy) is 1. The number of carbonyl (C=O) groups excluding carboxylic acids is 1. The summed E-state index contributed by atoms with van der Waals surface area (Å²) in [4.78, 5) is 12.0. The number of aromatic nitrogens is 2. The zero-order chi connectivity index (χ0) is 13.8. The summed E-state index contributed by atoms with van der Waals surface area (Å²) >= 11 is 1.63. The van der Waals surface area contributed by atoms with Crippen LogP contribution in [0.25, 0.3) is 0 Å². The third kappa shape index (κ3) is 2.96. The highest BCUT2D eigenvalue weighted by Gasteiger charge is 2.20. The lowest BCUT2D eigenvalue weighted by molar-refractivity contribution is 0.0496. The molecule has 102 valence electrons. The Balaban J connectivity index is 2.00. The third-order valence-electron chi connectivity index (χ3n) is 2.87. The lowest BCUT2D eigenvalue weighted by Gasteiger charge is -2.06. The van der Waals surface area contributed by atoms with Gasteiger partial charge in [-0.3, -0.25) is 4.68 Å². The molecule has 2 rings (SSSR count). The molecule has 2 aromatic heterocycles. The largest absolute Gasteiger partial charge is 0.461 e. The van der Waals surface area contributed by atoms with E-state index in [1.807, 2.05) is 23.8 Å². The van der Waals surface area contributed by atoms with Gasteiger partial charge in [0, 0.05) is 13.0 Å². The monoisotopic (exact) mass is 279 g/mol. The molecule has 0 aliphatic rings. The molecule has 0 unspecified atom stereocenters. The number of nitrogens with two attached hydrogens (primary N) is 1. The van der Waals surface area contributed by atoms with E-state index in [1.165, 1.54) is 5.56 Å². The molecule has 0 aliphatic carbocycles. The van der Waals surface area contributed by atoms with E-state index in [9.17, 15) is 4.79 Å². The fourth-order valence-corrected chi connectivity index (χ4v) is 2.51. The Morgan fingerprint density at radius 1 is 1.58 bits per heavy atom. The molecule has 2 heterocycles. The Bertz CT molecular complexity index is 561. The molecule has 6 heteroatoms. The van der Waals surface area contributed by atoms with E-state index >= 15 is 0 Å². The average molecular weight is 279 g/mol. The summed E-state index contributed by atoms with van der Waals surface area (Å²) in [5.74, 6) is -0.407. The fraction of sp³-hybridized carbons (Fsp3) is 0.385. The van der Waals surface area contributed by atoms with Crippen LogP contribution in [0.2, 0.25) is 0 Å². The molecule has 2 N–H and O–H groups in total. The molecule has 0 fully saturated rings. The maximum absolute atomic E-state index is 12.0. The van der Waals surface area contributed by atoms with Crippen molar-refractivity contribution in [2.75, 3.05) is 12.3 Å². The van der Waals surface area contributed by atoms with E-state index in [0.29, 0.717) is 36.6 Å². The highest BCUT2D eigenvalue weighted by Crippen LogP contribution is 2.17. The van der Waals surface area contributed by atoms with E-state index in [4.69, 9.17) is 10.5 Å². The van der Waals surface area contributed by atoms with Crippen molar-refractivity contribution in [2.24, 2.45) is 0 Å². The van der Waals surface area contributed by atoms with Crippen molar-refractivity contribution < 1.29 is 9.53 Å². The number of nitrogens with zero attached hydrogens (tertiary/aromatic N) is 2. The first-order chi connectivity index (χ1) is 9.13. The van der Waals surface area contributed by atoms with Gasteiger partial charge < -0.3 is 10.5 Å². The van der Waals surface area contributed by atoms with Gasteiger partial charge in [-0.25, -0.2) is 4.79 Å². The number of anilines is 1. The Morgan fingerprint density at radius 3 is 3.00 bits per heavy atom. The average Bonchev–Trinajstić information content (AvgIpc) is 2.99. The molecule has 0 bridgehead atoms. The highest BCUT2D eigenvalue weighted by molar-refractivity contribution is 7.07. The van der Waals surface area contributed by atoms with Gasteiger partial charge in [0.05, 0.1) is 18.0 Å². The van der Waals surface area contributed by atoms with Crippen molar-refractivity contribution in [1.82, 2.24) is 9.78 Å². The first-order valence-corrected chi connectivity index (χ1v) is 7.08. The lowest BCUT2D eigenvalue weighted by Crippen LogP contribution is -2.15. The van der Waals surface area contributed by atoms with Crippen molar-refractivity contribution in [3.05, 3.63) is 33.8 Å². The summed E-state index contributed by atoms with van der Waals surface area (Å²) in [5, 5.41) is 8.25. The highest BCUT2D eigenvalue weighted by atomic mass is 32.1. The van der Waals surface area contributed by atoms with Crippen LogP contribution in [0.15, 0.2) is 16.8 Å². The number of nitrogen functional groups attached to an aromatic ring is 1. The van der Waals surface area contributed by atoms with Crippen molar-refractivity contribution in [2.45, 2.75) is 26.8 Å². The molecule has 0 aromatic carbocycles. The minimum atomic E-state index is -0.407. The Kier molecular flexibility index (Phi) is 4.21. The van der Waals surface area contributed by atoms with Gasteiger partial charge in [-0.05, 0) is 36.2 Å². The van der Waals surface area contributed by atoms with E-state index in [1.54, 1.807) is 22.9 Å². The third-order valence-corrected chi connectivity index (χ3v) is 3.60. The summed E-state index contributed by atoms with van der Waals surface area (Å²) in [6, 6.07) is 2.02. The molecule has 0 saturated carbocycles. The smallest absolute Gasteiger partial charge is 0.358 e. The predicted molar refractivity (Wildman–Crippen MR) is 75.4 cm³/mol. The lowest BCUT2D eigenvalue weighted by atomic mass is 10.2. The number of esters is 1. The van der Waals surface area contributed by atoms with Gasteiger partial charge in [-0.2, -0.15) is 16.4 Å². The molecule has 0 atom stereocenters. The van der Waals surface area contributed by atoms with Crippen LogP contribution in [-0.4, -0.2) is 22.4 Å². The molecule has 5 nitrogen and oxygen atoms in total. The number of hydrogen-bond donors (Lipinski definition) is 1. The number of carbonyl (C=O) groups is 1. The van der Waals surface area contributed by atoms with Crippen LogP contribution in [0.5, 0.6) is 0 Å². The SMILES string of the molecule is CCn1nc(C)c(N)c1C(=O)OCCc1ccsc1. The van der Waals surface area contributed by atoms with Gasteiger partial charge in [0.1, 0.15) is 0 Å². The minimum absolute atomic E-state index is 0.350. The predicted octanol–water partition coefficient (Wildman–Crippen LogP) is 2.25. The second kappa shape index (κ2) is 5.88. The van der Waals surface area contributed by atoms with Crippen LogP contribution in [0.3, 0.4) is 0 Å². The molecule has 0 spiro atoms. The number of hydrogen-bond acceptors (Lipinski definition) is 5. The van der Waals surface area contributed by atoms with Gasteiger partial charge in [0.15, 0.2) is 5.69 Å². The molecule has 0 radical (unpaired) electrons. The maximum atomic E-state index is 12.0. The Labute approximate surface area is 116 Å². The van der Waals surface area contributed by atoms with Crippen LogP contribution < -0.4 is 5.73 Å². The van der Waals surface area contributed by atoms with Crippen molar-refractivity contribution >= 4 is 23.0 Å². The maximum Gasteiger partial charge on any atom is 0.358 e. The number of aryl methyl sites for hydroxylation is 2. The second-order valence-corrected chi connectivity index (χ2v) is 4.96. The Morgan fingerprint density at radius 2 is 2.37 bits per heavy atom. The zero-order valence-corrected chi connectivity index (χ0v) is 11.9. The number of rotatable bonds is 5.